The molecule has 3 aromatic carbocycles. The van der Waals surface area contributed by atoms with E-state index in [0.29, 0.717) is 35.9 Å². The lowest BCUT2D eigenvalue weighted by Gasteiger charge is -2.09. The number of fused-ring (bicyclic) bond motifs is 1. The minimum absolute atomic E-state index is 0.0533. The number of ether oxygens (including phenoxy) is 3. The fourth-order valence-electron chi connectivity index (χ4n) is 3.85. The largest absolute Gasteiger partial charge is 0.497 e. The van der Waals surface area contributed by atoms with Crippen molar-refractivity contribution in [3.8, 4) is 5.75 Å². The first-order valence-electron chi connectivity index (χ1n) is 12.5. The molecule has 0 unspecified atom stereocenters. The van der Waals surface area contributed by atoms with Crippen molar-refractivity contribution in [1.29, 1.82) is 0 Å². The number of carbonyl (C=O) groups is 2. The van der Waals surface area contributed by atoms with Gasteiger partial charge in [0, 0.05) is 24.4 Å². The van der Waals surface area contributed by atoms with Crippen molar-refractivity contribution in [3.63, 3.8) is 0 Å². The Labute approximate surface area is 235 Å². The number of rotatable bonds is 11. The van der Waals surface area contributed by atoms with Crippen LogP contribution in [0.2, 0.25) is 0 Å². The first-order valence-corrected chi connectivity index (χ1v) is 14.8. The van der Waals surface area contributed by atoms with E-state index in [2.05, 4.69) is 9.71 Å². The fourth-order valence-corrected chi connectivity index (χ4v) is 6.00. The highest BCUT2D eigenvalue weighted by molar-refractivity contribution is 7.92. The number of esters is 1. The number of nitrogens with zero attached hydrogens (tertiary/aromatic N) is 2. The van der Waals surface area contributed by atoms with Crippen molar-refractivity contribution in [2.75, 3.05) is 31.7 Å². The molecule has 4 aromatic rings. The van der Waals surface area contributed by atoms with Crippen molar-refractivity contribution >= 4 is 49.1 Å². The number of methoxy groups -OCH3 is 1. The number of anilines is 1. The van der Waals surface area contributed by atoms with E-state index in [4.69, 9.17) is 14.2 Å². The van der Waals surface area contributed by atoms with Gasteiger partial charge in [-0.25, -0.2) is 13.2 Å². The summed E-state index contributed by atoms with van der Waals surface area (Å²) in [6.07, 6.45) is 0. The van der Waals surface area contributed by atoms with Gasteiger partial charge in [0.05, 0.1) is 41.0 Å². The van der Waals surface area contributed by atoms with E-state index in [1.165, 1.54) is 36.6 Å². The molecule has 4 rings (SSSR count). The highest BCUT2D eigenvalue weighted by Crippen LogP contribution is 2.22. The molecule has 1 amide bonds. The molecule has 0 aliphatic heterocycles. The summed E-state index contributed by atoms with van der Waals surface area (Å²) in [6.45, 7) is 5.30. The normalized spacial score (nSPS) is 11.9. The Balaban J connectivity index is 1.66. The zero-order valence-corrected chi connectivity index (χ0v) is 23.9. The molecule has 210 valence electrons. The van der Waals surface area contributed by atoms with E-state index in [9.17, 15) is 18.0 Å². The molecule has 0 aliphatic carbocycles. The summed E-state index contributed by atoms with van der Waals surface area (Å²) in [6, 6.07) is 17.3. The van der Waals surface area contributed by atoms with Crippen LogP contribution in [0.3, 0.4) is 0 Å². The SMILES string of the molecule is CCOCCn1c(=NC(=O)c2cccc(NS(=O)(=O)c3ccc(OC)cc3)c2)sc2cc(C(=O)OCC)ccc21. The Bertz CT molecular complexity index is 1690. The molecule has 10 nitrogen and oxygen atoms in total. The molecule has 0 radical (unpaired) electrons. The number of benzene rings is 3. The van der Waals surface area contributed by atoms with Gasteiger partial charge in [0.2, 0.25) is 0 Å². The molecule has 0 saturated carbocycles. The van der Waals surface area contributed by atoms with Gasteiger partial charge in [-0.15, -0.1) is 0 Å². The molecule has 1 N–H and O–H groups in total. The van der Waals surface area contributed by atoms with Gasteiger partial charge in [0.1, 0.15) is 5.75 Å². The standard InChI is InChI=1S/C28H29N3O7S2/c1-4-37-16-15-31-24-14-9-20(27(33)38-5-2)18-25(24)39-28(31)29-26(32)19-7-6-8-21(17-19)30-40(34,35)23-12-10-22(36-3)11-13-23/h6-14,17-18,30H,4-5,15-16H2,1-3H3. The van der Waals surface area contributed by atoms with Crippen LogP contribution in [0.25, 0.3) is 10.2 Å². The van der Waals surface area contributed by atoms with Crippen molar-refractivity contribution in [2.45, 2.75) is 25.3 Å². The summed E-state index contributed by atoms with van der Waals surface area (Å²) < 4.78 is 46.5. The quantitative estimate of drug-likeness (QED) is 0.204. The maximum Gasteiger partial charge on any atom is 0.338 e. The van der Waals surface area contributed by atoms with Crippen molar-refractivity contribution in [2.24, 2.45) is 4.99 Å². The van der Waals surface area contributed by atoms with Gasteiger partial charge in [-0.2, -0.15) is 4.99 Å². The summed E-state index contributed by atoms with van der Waals surface area (Å²) in [5.41, 5.74) is 1.63. The van der Waals surface area contributed by atoms with Crippen LogP contribution in [0.4, 0.5) is 5.69 Å². The Morgan fingerprint density at radius 3 is 2.45 bits per heavy atom. The average molecular weight is 584 g/mol. The maximum absolute atomic E-state index is 13.2. The lowest BCUT2D eigenvalue weighted by atomic mass is 10.2. The third-order valence-corrected chi connectivity index (χ3v) is 8.22. The van der Waals surface area contributed by atoms with Crippen LogP contribution in [0.5, 0.6) is 5.75 Å². The van der Waals surface area contributed by atoms with Crippen molar-refractivity contribution < 1.29 is 32.2 Å². The summed E-state index contributed by atoms with van der Waals surface area (Å²) in [4.78, 5) is 30.3. The van der Waals surface area contributed by atoms with Gasteiger partial charge in [0.25, 0.3) is 15.9 Å². The van der Waals surface area contributed by atoms with Crippen LogP contribution < -0.4 is 14.3 Å². The number of thiazole rings is 1. The Morgan fingerprint density at radius 1 is 0.975 bits per heavy atom. The number of nitrogens with one attached hydrogen (secondary N) is 1. The Hall–Kier alpha value is -4.00. The molecule has 0 atom stereocenters. The van der Waals surface area contributed by atoms with Crippen LogP contribution in [-0.4, -0.2) is 51.8 Å². The third kappa shape index (κ3) is 6.76. The second-order valence-electron chi connectivity index (χ2n) is 8.41. The zero-order chi connectivity index (χ0) is 28.7. The molecule has 1 aromatic heterocycles. The van der Waals surface area contributed by atoms with Crippen LogP contribution >= 0.6 is 11.3 Å². The molecule has 0 saturated heterocycles. The highest BCUT2D eigenvalue weighted by Gasteiger charge is 2.16. The van der Waals surface area contributed by atoms with Gasteiger partial charge in [-0.05, 0) is 74.5 Å². The predicted molar refractivity (Wildman–Crippen MR) is 152 cm³/mol. The second kappa shape index (κ2) is 12.9. The molecule has 0 bridgehead atoms. The summed E-state index contributed by atoms with van der Waals surface area (Å²) in [5.74, 6) is -0.444. The van der Waals surface area contributed by atoms with Crippen molar-refractivity contribution in [1.82, 2.24) is 4.57 Å². The lowest BCUT2D eigenvalue weighted by Crippen LogP contribution is -2.20. The maximum atomic E-state index is 13.2. The van der Waals surface area contributed by atoms with Gasteiger partial charge in [-0.1, -0.05) is 17.4 Å². The van der Waals surface area contributed by atoms with Gasteiger partial charge in [0.15, 0.2) is 4.80 Å². The minimum atomic E-state index is -3.89. The number of sulfonamides is 1. The number of carbonyl (C=O) groups excluding carboxylic acids is 2. The Morgan fingerprint density at radius 2 is 1.75 bits per heavy atom. The number of aromatic nitrogens is 1. The molecular weight excluding hydrogens is 554 g/mol. The molecule has 12 heteroatoms. The molecule has 0 aliphatic rings. The smallest absolute Gasteiger partial charge is 0.338 e. The molecule has 0 fully saturated rings. The molecule has 0 spiro atoms. The van der Waals surface area contributed by atoms with Crippen LogP contribution in [0, 0.1) is 0 Å². The molecular formula is C28H29N3O7S2. The second-order valence-corrected chi connectivity index (χ2v) is 11.1. The fraction of sp³-hybridized carbons (Fsp3) is 0.250. The predicted octanol–water partition coefficient (Wildman–Crippen LogP) is 4.47. The van der Waals surface area contributed by atoms with E-state index in [1.807, 2.05) is 11.5 Å². The molecule has 40 heavy (non-hydrogen) atoms. The third-order valence-electron chi connectivity index (χ3n) is 5.79. The summed E-state index contributed by atoms with van der Waals surface area (Å²) in [5, 5.41) is 0. The lowest BCUT2D eigenvalue weighted by molar-refractivity contribution is 0.0526. The van der Waals surface area contributed by atoms with Gasteiger partial charge in [-0.3, -0.25) is 9.52 Å². The van der Waals surface area contributed by atoms with Crippen LogP contribution in [-0.2, 0) is 26.0 Å². The van der Waals surface area contributed by atoms with Gasteiger partial charge < -0.3 is 18.8 Å². The number of hydrogen-bond acceptors (Lipinski definition) is 8. The van der Waals surface area contributed by atoms with E-state index in [1.54, 1.807) is 55.5 Å². The zero-order valence-electron chi connectivity index (χ0n) is 22.2. The van der Waals surface area contributed by atoms with E-state index in [-0.39, 0.29) is 22.8 Å². The summed E-state index contributed by atoms with van der Waals surface area (Å²) >= 11 is 1.26. The van der Waals surface area contributed by atoms with Gasteiger partial charge >= 0.3 is 5.97 Å². The number of amides is 1. The highest BCUT2D eigenvalue weighted by atomic mass is 32.2. The topological polar surface area (TPSA) is 125 Å². The Kier molecular flexibility index (Phi) is 9.35. The average Bonchev–Trinajstić information content (AvgIpc) is 3.29. The first kappa shape index (κ1) is 29.0. The summed E-state index contributed by atoms with van der Waals surface area (Å²) in [7, 11) is -2.40. The monoisotopic (exact) mass is 583 g/mol. The van der Waals surface area contributed by atoms with Crippen molar-refractivity contribution in [3.05, 3.63) is 82.7 Å². The van der Waals surface area contributed by atoms with Crippen LogP contribution in [0.15, 0.2) is 76.6 Å². The first-order chi connectivity index (χ1) is 19.2. The number of hydrogen-bond donors (Lipinski definition) is 1. The minimum Gasteiger partial charge on any atom is -0.497 e. The molecule has 1 heterocycles. The van der Waals surface area contributed by atoms with Crippen LogP contribution in [0.1, 0.15) is 34.6 Å². The van der Waals surface area contributed by atoms with E-state index in [0.717, 1.165) is 10.2 Å². The van der Waals surface area contributed by atoms with E-state index >= 15 is 0 Å². The van der Waals surface area contributed by atoms with E-state index < -0.39 is 21.9 Å².